The average molecular weight is 279 g/mol. The third-order valence-corrected chi connectivity index (χ3v) is 3.34. The van der Waals surface area contributed by atoms with E-state index >= 15 is 0 Å². The van der Waals surface area contributed by atoms with Gasteiger partial charge in [0, 0.05) is 29.5 Å². The molecule has 100 valence electrons. The second kappa shape index (κ2) is 5.81. The Bertz CT molecular complexity index is 599. The number of aromatic nitrogens is 4. The molecule has 0 aliphatic rings. The second-order valence-corrected chi connectivity index (χ2v) is 4.70. The predicted octanol–water partition coefficient (Wildman–Crippen LogP) is 1.42. The van der Waals surface area contributed by atoms with Gasteiger partial charge in [-0.25, -0.2) is 4.68 Å². The molecular weight excluding hydrogens is 266 g/mol. The number of anilines is 1. The summed E-state index contributed by atoms with van der Waals surface area (Å²) in [6, 6.07) is 5.44. The van der Waals surface area contributed by atoms with Crippen LogP contribution in [0.3, 0.4) is 0 Å². The number of nitrogens with zero attached hydrogens (tertiary/aromatic N) is 4. The lowest BCUT2D eigenvalue weighted by molar-refractivity contribution is 0.102. The second-order valence-electron chi connectivity index (χ2n) is 3.76. The Labute approximate surface area is 114 Å². The maximum atomic E-state index is 12.2. The van der Waals surface area contributed by atoms with Crippen LogP contribution in [0.1, 0.15) is 15.9 Å². The number of nitrogens with one attached hydrogen (secondary N) is 1. The lowest BCUT2D eigenvalue weighted by Crippen LogP contribution is -2.16. The number of benzene rings is 1. The number of hydrogen-bond acceptors (Lipinski definition) is 6. The van der Waals surface area contributed by atoms with Gasteiger partial charge >= 0.3 is 0 Å². The first kappa shape index (κ1) is 13.5. The first-order valence-electron chi connectivity index (χ1n) is 5.47. The van der Waals surface area contributed by atoms with Crippen molar-refractivity contribution in [3.63, 3.8) is 0 Å². The van der Waals surface area contributed by atoms with Crippen LogP contribution in [-0.4, -0.2) is 33.2 Å². The summed E-state index contributed by atoms with van der Waals surface area (Å²) >= 11 is 1.22. The smallest absolute Gasteiger partial charge is 0.258 e. The lowest BCUT2D eigenvalue weighted by atomic mass is 10.1. The van der Waals surface area contributed by atoms with Crippen molar-refractivity contribution in [2.75, 3.05) is 12.4 Å². The topological polar surface area (TPSA) is 81.9 Å². The normalized spacial score (nSPS) is 10.5. The Morgan fingerprint density at radius 2 is 2.26 bits per heavy atom. The molecule has 7 nitrogen and oxygen atoms in total. The van der Waals surface area contributed by atoms with Gasteiger partial charge in [-0.05, 0) is 35.0 Å². The Morgan fingerprint density at radius 1 is 1.47 bits per heavy atom. The Hall–Kier alpha value is -1.93. The molecule has 1 aromatic heterocycles. The SMILES string of the molecule is COSc1cccc(C(=O)Nc2nnnn2C)c1C. The number of carbonyl (C=O) groups is 1. The first-order valence-corrected chi connectivity index (χ1v) is 6.21. The van der Waals surface area contributed by atoms with Gasteiger partial charge in [0.2, 0.25) is 5.95 Å². The van der Waals surface area contributed by atoms with E-state index in [-0.39, 0.29) is 5.91 Å². The van der Waals surface area contributed by atoms with Crippen molar-refractivity contribution in [2.24, 2.45) is 7.05 Å². The molecule has 0 aliphatic heterocycles. The van der Waals surface area contributed by atoms with E-state index in [2.05, 4.69) is 20.8 Å². The molecule has 0 radical (unpaired) electrons. The van der Waals surface area contributed by atoms with Crippen molar-refractivity contribution in [1.82, 2.24) is 20.2 Å². The predicted molar refractivity (Wildman–Crippen MR) is 70.8 cm³/mol. The molecule has 0 aliphatic carbocycles. The molecule has 1 amide bonds. The molecule has 1 aromatic carbocycles. The van der Waals surface area contributed by atoms with Gasteiger partial charge in [0.05, 0.1) is 7.11 Å². The number of tetrazole rings is 1. The number of aryl methyl sites for hydroxylation is 1. The fraction of sp³-hybridized carbons (Fsp3) is 0.273. The minimum Gasteiger partial charge on any atom is -0.314 e. The monoisotopic (exact) mass is 279 g/mol. The molecule has 19 heavy (non-hydrogen) atoms. The van der Waals surface area contributed by atoms with Crippen LogP contribution in [-0.2, 0) is 11.2 Å². The minimum absolute atomic E-state index is 0.256. The number of amides is 1. The maximum absolute atomic E-state index is 12.2. The third kappa shape index (κ3) is 2.91. The van der Waals surface area contributed by atoms with Gasteiger partial charge in [-0.3, -0.25) is 10.1 Å². The maximum Gasteiger partial charge on any atom is 0.258 e. The Kier molecular flexibility index (Phi) is 4.13. The quantitative estimate of drug-likeness (QED) is 0.852. The van der Waals surface area contributed by atoms with E-state index in [1.54, 1.807) is 26.3 Å². The van der Waals surface area contributed by atoms with E-state index in [0.717, 1.165) is 10.5 Å². The summed E-state index contributed by atoms with van der Waals surface area (Å²) in [5.74, 6) is 0.0446. The summed E-state index contributed by atoms with van der Waals surface area (Å²) in [6.07, 6.45) is 0. The van der Waals surface area contributed by atoms with Crippen LogP contribution in [0, 0.1) is 6.92 Å². The number of rotatable bonds is 4. The molecule has 0 saturated heterocycles. The highest BCUT2D eigenvalue weighted by atomic mass is 32.2. The summed E-state index contributed by atoms with van der Waals surface area (Å²) in [4.78, 5) is 13.1. The number of hydrogen-bond donors (Lipinski definition) is 1. The molecule has 0 spiro atoms. The Balaban J connectivity index is 2.24. The largest absolute Gasteiger partial charge is 0.314 e. The van der Waals surface area contributed by atoms with Gasteiger partial charge in [-0.1, -0.05) is 11.2 Å². The van der Waals surface area contributed by atoms with Crippen molar-refractivity contribution in [3.8, 4) is 0 Å². The molecule has 1 N–H and O–H groups in total. The van der Waals surface area contributed by atoms with E-state index in [4.69, 9.17) is 4.18 Å². The van der Waals surface area contributed by atoms with Crippen molar-refractivity contribution < 1.29 is 8.98 Å². The Morgan fingerprint density at radius 3 is 2.89 bits per heavy atom. The van der Waals surface area contributed by atoms with Crippen molar-refractivity contribution in [1.29, 1.82) is 0 Å². The molecule has 0 bridgehead atoms. The van der Waals surface area contributed by atoms with Gasteiger partial charge in [0.15, 0.2) is 0 Å². The number of carbonyl (C=O) groups excluding carboxylic acids is 1. The highest BCUT2D eigenvalue weighted by molar-refractivity contribution is 7.94. The molecule has 1 heterocycles. The molecule has 0 atom stereocenters. The standard InChI is InChI=1S/C11H13N5O2S/c1-7-8(5-4-6-9(7)19-18-3)10(17)12-11-13-14-15-16(11)2/h4-6H,1-3H3,(H,12,13,15,17). The molecule has 8 heteroatoms. The molecule has 2 rings (SSSR count). The molecule has 0 unspecified atom stereocenters. The fourth-order valence-corrected chi connectivity index (χ4v) is 2.09. The lowest BCUT2D eigenvalue weighted by Gasteiger charge is -2.09. The summed E-state index contributed by atoms with van der Waals surface area (Å²) in [5, 5.41) is 13.5. The van der Waals surface area contributed by atoms with Crippen LogP contribution >= 0.6 is 12.0 Å². The minimum atomic E-state index is -0.256. The third-order valence-electron chi connectivity index (χ3n) is 2.55. The zero-order valence-corrected chi connectivity index (χ0v) is 11.6. The zero-order valence-electron chi connectivity index (χ0n) is 10.7. The van der Waals surface area contributed by atoms with E-state index in [1.165, 1.54) is 16.7 Å². The summed E-state index contributed by atoms with van der Waals surface area (Å²) in [5.41, 5.74) is 1.41. The molecule has 0 fully saturated rings. The van der Waals surface area contributed by atoms with Crippen LogP contribution in [0.25, 0.3) is 0 Å². The zero-order chi connectivity index (χ0) is 13.8. The van der Waals surface area contributed by atoms with Crippen LogP contribution in [0.2, 0.25) is 0 Å². The van der Waals surface area contributed by atoms with Gasteiger partial charge in [0.25, 0.3) is 5.91 Å². The van der Waals surface area contributed by atoms with E-state index in [0.29, 0.717) is 11.5 Å². The van der Waals surface area contributed by atoms with Crippen LogP contribution in [0.5, 0.6) is 0 Å². The van der Waals surface area contributed by atoms with E-state index < -0.39 is 0 Å². The fourth-order valence-electron chi connectivity index (χ4n) is 1.54. The van der Waals surface area contributed by atoms with Crippen LogP contribution in [0.4, 0.5) is 5.95 Å². The van der Waals surface area contributed by atoms with Gasteiger partial charge in [-0.2, -0.15) is 0 Å². The van der Waals surface area contributed by atoms with E-state index in [9.17, 15) is 4.79 Å². The molecule has 0 saturated carbocycles. The highest BCUT2D eigenvalue weighted by Crippen LogP contribution is 2.25. The van der Waals surface area contributed by atoms with Crippen molar-refractivity contribution in [3.05, 3.63) is 29.3 Å². The van der Waals surface area contributed by atoms with Gasteiger partial charge < -0.3 is 4.18 Å². The van der Waals surface area contributed by atoms with Gasteiger partial charge in [-0.15, -0.1) is 0 Å². The first-order chi connectivity index (χ1) is 9.13. The van der Waals surface area contributed by atoms with Crippen LogP contribution < -0.4 is 5.32 Å². The van der Waals surface area contributed by atoms with Crippen molar-refractivity contribution in [2.45, 2.75) is 11.8 Å². The van der Waals surface area contributed by atoms with Crippen molar-refractivity contribution >= 4 is 23.9 Å². The summed E-state index contributed by atoms with van der Waals surface area (Å²) in [6.45, 7) is 1.87. The summed E-state index contributed by atoms with van der Waals surface area (Å²) < 4.78 is 6.41. The molecule has 2 aromatic rings. The molecular formula is C11H13N5O2S. The van der Waals surface area contributed by atoms with E-state index in [1.807, 2.05) is 13.0 Å². The summed E-state index contributed by atoms with van der Waals surface area (Å²) in [7, 11) is 3.24. The highest BCUT2D eigenvalue weighted by Gasteiger charge is 2.14. The average Bonchev–Trinajstić information content (AvgIpc) is 2.78. The van der Waals surface area contributed by atoms with Gasteiger partial charge in [0.1, 0.15) is 0 Å². The van der Waals surface area contributed by atoms with Crippen LogP contribution in [0.15, 0.2) is 23.1 Å².